The Morgan fingerprint density at radius 3 is 2.68 bits per heavy atom. The third kappa shape index (κ3) is 4.00. The fourth-order valence-electron chi connectivity index (χ4n) is 2.66. The number of thioether (sulfide) groups is 1. The molecule has 1 aliphatic heterocycles. The standard InChI is InChI=1S/C19H16N2O5S2/c1-25-14-5-3-4-12(17(14)26-2)13-7-6-11(9-20-13)8-15-18(24)21(10-16(22)23)19(27)28-15/h3-9H,10H2,1-2H3,(H,22,23)/b15-8+. The Kier molecular flexibility index (Phi) is 5.96. The van der Waals surface area contributed by atoms with Gasteiger partial charge >= 0.3 is 5.97 Å². The number of thiocarbonyl (C=S) groups is 1. The summed E-state index contributed by atoms with van der Waals surface area (Å²) in [5.74, 6) is -0.348. The van der Waals surface area contributed by atoms with Gasteiger partial charge in [-0.3, -0.25) is 19.5 Å². The SMILES string of the molecule is COc1cccc(-c2ccc(/C=C3/SC(=S)N(CC(=O)O)C3=O)cn2)c1OC. The van der Waals surface area contributed by atoms with Crippen LogP contribution in [0.25, 0.3) is 17.3 Å². The Hall–Kier alpha value is -2.91. The van der Waals surface area contributed by atoms with Gasteiger partial charge in [-0.05, 0) is 29.8 Å². The highest BCUT2D eigenvalue weighted by molar-refractivity contribution is 8.26. The quantitative estimate of drug-likeness (QED) is 0.568. The van der Waals surface area contributed by atoms with E-state index in [0.29, 0.717) is 27.7 Å². The van der Waals surface area contributed by atoms with Crippen molar-refractivity contribution in [1.29, 1.82) is 0 Å². The van der Waals surface area contributed by atoms with Crippen LogP contribution < -0.4 is 9.47 Å². The summed E-state index contributed by atoms with van der Waals surface area (Å²) < 4.78 is 11.0. The van der Waals surface area contributed by atoms with Crippen molar-refractivity contribution in [3.05, 3.63) is 47.0 Å². The van der Waals surface area contributed by atoms with Crippen molar-refractivity contribution in [3.63, 3.8) is 0 Å². The first kappa shape index (κ1) is 19.8. The van der Waals surface area contributed by atoms with Gasteiger partial charge in [-0.1, -0.05) is 36.1 Å². The van der Waals surface area contributed by atoms with Crippen molar-refractivity contribution in [3.8, 4) is 22.8 Å². The fraction of sp³-hybridized carbons (Fsp3) is 0.158. The Balaban J connectivity index is 1.86. The van der Waals surface area contributed by atoms with Crippen molar-refractivity contribution in [2.75, 3.05) is 20.8 Å². The molecule has 1 aromatic heterocycles. The van der Waals surface area contributed by atoms with Crippen LogP contribution in [0.5, 0.6) is 11.5 Å². The molecule has 0 bridgehead atoms. The van der Waals surface area contributed by atoms with E-state index in [1.165, 1.54) is 0 Å². The summed E-state index contributed by atoms with van der Waals surface area (Å²) in [4.78, 5) is 29.1. The number of aromatic nitrogens is 1. The maximum atomic E-state index is 12.3. The monoisotopic (exact) mass is 416 g/mol. The van der Waals surface area contributed by atoms with E-state index < -0.39 is 18.4 Å². The van der Waals surface area contributed by atoms with Crippen molar-refractivity contribution >= 4 is 46.3 Å². The minimum atomic E-state index is -1.11. The van der Waals surface area contributed by atoms with E-state index in [1.807, 2.05) is 18.2 Å². The molecule has 3 rings (SSSR count). The first-order valence-corrected chi connectivity index (χ1v) is 9.31. The second-order valence-electron chi connectivity index (χ2n) is 5.68. The third-order valence-corrected chi connectivity index (χ3v) is 5.31. The molecule has 1 N–H and O–H groups in total. The lowest BCUT2D eigenvalue weighted by Gasteiger charge is -2.12. The number of pyridine rings is 1. The first-order valence-electron chi connectivity index (χ1n) is 8.09. The number of ether oxygens (including phenoxy) is 2. The molecule has 2 aromatic rings. The van der Waals surface area contributed by atoms with Crippen LogP contribution in [-0.4, -0.2) is 52.0 Å². The Labute approximate surface area is 171 Å². The van der Waals surface area contributed by atoms with E-state index in [0.717, 1.165) is 22.2 Å². The van der Waals surface area contributed by atoms with E-state index >= 15 is 0 Å². The Morgan fingerprint density at radius 1 is 1.29 bits per heavy atom. The molecule has 0 saturated carbocycles. The second-order valence-corrected chi connectivity index (χ2v) is 7.36. The molecular weight excluding hydrogens is 400 g/mol. The van der Waals surface area contributed by atoms with Gasteiger partial charge in [0.25, 0.3) is 5.91 Å². The molecular formula is C19H16N2O5S2. The molecule has 1 aromatic carbocycles. The van der Waals surface area contributed by atoms with Gasteiger partial charge in [-0.2, -0.15) is 0 Å². The van der Waals surface area contributed by atoms with E-state index in [4.69, 9.17) is 26.8 Å². The van der Waals surface area contributed by atoms with Gasteiger partial charge in [0.1, 0.15) is 10.9 Å². The predicted octanol–water partition coefficient (Wildman–Crippen LogP) is 3.05. The number of carbonyl (C=O) groups is 2. The number of hydrogen-bond donors (Lipinski definition) is 1. The zero-order valence-corrected chi connectivity index (χ0v) is 16.7. The molecule has 0 unspecified atom stereocenters. The van der Waals surface area contributed by atoms with Crippen molar-refractivity contribution < 1.29 is 24.2 Å². The van der Waals surface area contributed by atoms with Crippen LogP contribution in [0.4, 0.5) is 0 Å². The number of carboxylic acid groups (broad SMARTS) is 1. The summed E-state index contributed by atoms with van der Waals surface area (Å²) in [5.41, 5.74) is 2.16. The lowest BCUT2D eigenvalue weighted by atomic mass is 10.1. The molecule has 9 heteroatoms. The molecule has 144 valence electrons. The van der Waals surface area contributed by atoms with Crippen LogP contribution in [0.15, 0.2) is 41.4 Å². The average Bonchev–Trinajstić information content (AvgIpc) is 2.94. The number of benzene rings is 1. The second kappa shape index (κ2) is 8.41. The van der Waals surface area contributed by atoms with Crippen LogP contribution >= 0.6 is 24.0 Å². The Bertz CT molecular complexity index is 973. The molecule has 1 saturated heterocycles. The normalized spacial score (nSPS) is 15.2. The maximum absolute atomic E-state index is 12.3. The summed E-state index contributed by atoms with van der Waals surface area (Å²) in [6.07, 6.45) is 3.26. The third-order valence-electron chi connectivity index (χ3n) is 3.93. The number of nitrogens with zero attached hydrogens (tertiary/aromatic N) is 2. The topological polar surface area (TPSA) is 89.0 Å². The molecule has 0 aliphatic carbocycles. The number of carbonyl (C=O) groups excluding carboxylic acids is 1. The summed E-state index contributed by atoms with van der Waals surface area (Å²) in [5, 5.41) is 8.89. The van der Waals surface area contributed by atoms with Gasteiger partial charge in [0, 0.05) is 11.8 Å². The molecule has 1 amide bonds. The molecule has 2 heterocycles. The zero-order chi connectivity index (χ0) is 20.3. The number of rotatable bonds is 6. The minimum absolute atomic E-state index is 0.226. The lowest BCUT2D eigenvalue weighted by molar-refractivity contribution is -0.140. The van der Waals surface area contributed by atoms with Crippen molar-refractivity contribution in [2.24, 2.45) is 0 Å². The highest BCUT2D eigenvalue weighted by Gasteiger charge is 2.33. The number of para-hydroxylation sites is 1. The average molecular weight is 416 g/mol. The van der Waals surface area contributed by atoms with E-state index in [9.17, 15) is 9.59 Å². The summed E-state index contributed by atoms with van der Waals surface area (Å²) in [7, 11) is 3.13. The van der Waals surface area contributed by atoms with Crippen molar-refractivity contribution in [2.45, 2.75) is 0 Å². The number of methoxy groups -OCH3 is 2. The highest BCUT2D eigenvalue weighted by atomic mass is 32.2. The molecule has 0 radical (unpaired) electrons. The van der Waals surface area contributed by atoms with Crippen LogP contribution in [0.3, 0.4) is 0 Å². The number of aliphatic carboxylic acids is 1. The van der Waals surface area contributed by atoms with Crippen LogP contribution in [0.2, 0.25) is 0 Å². The van der Waals surface area contributed by atoms with E-state index in [-0.39, 0.29) is 4.32 Å². The van der Waals surface area contributed by atoms with E-state index in [2.05, 4.69) is 4.98 Å². The summed E-state index contributed by atoms with van der Waals surface area (Å²) in [6.45, 7) is -0.450. The highest BCUT2D eigenvalue weighted by Crippen LogP contribution is 2.37. The van der Waals surface area contributed by atoms with Crippen molar-refractivity contribution in [1.82, 2.24) is 9.88 Å². The van der Waals surface area contributed by atoms with Gasteiger partial charge < -0.3 is 14.6 Å². The largest absolute Gasteiger partial charge is 0.493 e. The van der Waals surface area contributed by atoms with Crippen LogP contribution in [0, 0.1) is 0 Å². The lowest BCUT2D eigenvalue weighted by Crippen LogP contribution is -2.33. The van der Waals surface area contributed by atoms with Gasteiger partial charge in [0.15, 0.2) is 11.5 Å². The zero-order valence-electron chi connectivity index (χ0n) is 15.0. The molecule has 28 heavy (non-hydrogen) atoms. The smallest absolute Gasteiger partial charge is 0.323 e. The maximum Gasteiger partial charge on any atom is 0.323 e. The number of amides is 1. The number of carboxylic acids is 1. The Morgan fingerprint density at radius 2 is 2.07 bits per heavy atom. The first-order chi connectivity index (χ1) is 13.4. The molecule has 1 fully saturated rings. The van der Waals surface area contributed by atoms with Gasteiger partial charge in [0.05, 0.1) is 24.8 Å². The number of hydrogen-bond acceptors (Lipinski definition) is 7. The van der Waals surface area contributed by atoms with Crippen LogP contribution in [-0.2, 0) is 9.59 Å². The van der Waals surface area contributed by atoms with Gasteiger partial charge in [-0.15, -0.1) is 0 Å². The van der Waals surface area contributed by atoms with Gasteiger partial charge in [-0.25, -0.2) is 0 Å². The molecule has 0 atom stereocenters. The molecule has 0 spiro atoms. The predicted molar refractivity (Wildman–Crippen MR) is 110 cm³/mol. The summed E-state index contributed by atoms with van der Waals surface area (Å²) in [6, 6.07) is 9.14. The fourth-order valence-corrected chi connectivity index (χ4v) is 3.92. The minimum Gasteiger partial charge on any atom is -0.493 e. The van der Waals surface area contributed by atoms with E-state index in [1.54, 1.807) is 38.6 Å². The molecule has 1 aliphatic rings. The van der Waals surface area contributed by atoms with Crippen LogP contribution in [0.1, 0.15) is 5.56 Å². The molecule has 7 nitrogen and oxygen atoms in total. The van der Waals surface area contributed by atoms with Gasteiger partial charge in [0.2, 0.25) is 0 Å². The summed E-state index contributed by atoms with van der Waals surface area (Å²) >= 11 is 6.16.